The highest BCUT2D eigenvalue weighted by atomic mass is 16.3. The lowest BCUT2D eigenvalue weighted by Crippen LogP contribution is -2.42. The maximum absolute atomic E-state index is 10.1. The van der Waals surface area contributed by atoms with Crippen molar-refractivity contribution in [3.8, 4) is 5.69 Å². The molecule has 2 aromatic carbocycles. The Morgan fingerprint density at radius 3 is 2.41 bits per heavy atom. The van der Waals surface area contributed by atoms with Gasteiger partial charge in [0.15, 0.2) is 0 Å². The minimum absolute atomic E-state index is 0.0226. The number of benzene rings is 2. The summed E-state index contributed by atoms with van der Waals surface area (Å²) in [5.74, 6) is 0. The molecule has 1 fully saturated rings. The Labute approximate surface area is 161 Å². The first-order chi connectivity index (χ1) is 13.3. The van der Waals surface area contributed by atoms with E-state index < -0.39 is 0 Å². The van der Waals surface area contributed by atoms with Crippen LogP contribution in [0, 0.1) is 5.41 Å². The van der Waals surface area contributed by atoms with Crippen LogP contribution in [0.5, 0.6) is 0 Å². The SMILES string of the molecule is OCC1(Cc2ccccc2)CCN(Cc2cccc(-n3cccn3)c2)CC1. The third-order valence-corrected chi connectivity index (χ3v) is 5.76. The fourth-order valence-corrected chi connectivity index (χ4v) is 4.08. The Morgan fingerprint density at radius 1 is 0.926 bits per heavy atom. The molecule has 0 atom stereocenters. The summed E-state index contributed by atoms with van der Waals surface area (Å²) in [5, 5.41) is 14.4. The maximum atomic E-state index is 10.1. The monoisotopic (exact) mass is 361 g/mol. The molecule has 3 aromatic rings. The van der Waals surface area contributed by atoms with Gasteiger partial charge in [-0.3, -0.25) is 4.90 Å². The molecule has 1 aliphatic rings. The van der Waals surface area contributed by atoms with E-state index in [0.29, 0.717) is 0 Å². The molecule has 0 aliphatic carbocycles. The van der Waals surface area contributed by atoms with Gasteiger partial charge in [0.05, 0.1) is 5.69 Å². The molecule has 4 nitrogen and oxygen atoms in total. The zero-order valence-electron chi connectivity index (χ0n) is 15.7. The molecule has 0 saturated carbocycles. The molecule has 1 N–H and O–H groups in total. The highest BCUT2D eigenvalue weighted by Crippen LogP contribution is 2.35. The summed E-state index contributed by atoms with van der Waals surface area (Å²) in [6.45, 7) is 3.27. The summed E-state index contributed by atoms with van der Waals surface area (Å²) in [4.78, 5) is 2.50. The molecule has 27 heavy (non-hydrogen) atoms. The molecule has 1 aromatic heterocycles. The third kappa shape index (κ3) is 4.29. The number of aromatic nitrogens is 2. The van der Waals surface area contributed by atoms with Crippen LogP contribution in [-0.2, 0) is 13.0 Å². The van der Waals surface area contributed by atoms with E-state index in [4.69, 9.17) is 0 Å². The van der Waals surface area contributed by atoms with Crippen LogP contribution >= 0.6 is 0 Å². The first-order valence-corrected chi connectivity index (χ1v) is 9.72. The number of aliphatic hydroxyl groups excluding tert-OH is 1. The molecule has 4 heteroatoms. The van der Waals surface area contributed by atoms with E-state index in [-0.39, 0.29) is 12.0 Å². The standard InChI is InChI=1S/C23H27N3O/c27-19-23(17-20-6-2-1-3-7-20)10-14-25(15-11-23)18-21-8-4-9-22(16-21)26-13-5-12-24-26/h1-9,12-13,16,27H,10-11,14-15,17-19H2. The van der Waals surface area contributed by atoms with Crippen molar-refractivity contribution in [1.29, 1.82) is 0 Å². The third-order valence-electron chi connectivity index (χ3n) is 5.76. The van der Waals surface area contributed by atoms with Gasteiger partial charge in [0.25, 0.3) is 0 Å². The van der Waals surface area contributed by atoms with Crippen LogP contribution in [0.2, 0.25) is 0 Å². The lowest BCUT2D eigenvalue weighted by Gasteiger charge is -2.41. The summed E-state index contributed by atoms with van der Waals surface area (Å²) in [5.41, 5.74) is 3.76. The molecule has 0 radical (unpaired) electrons. The van der Waals surface area contributed by atoms with Crippen molar-refractivity contribution in [2.45, 2.75) is 25.8 Å². The zero-order valence-corrected chi connectivity index (χ0v) is 15.7. The van der Waals surface area contributed by atoms with Crippen molar-refractivity contribution in [1.82, 2.24) is 14.7 Å². The van der Waals surface area contributed by atoms with Crippen molar-refractivity contribution < 1.29 is 5.11 Å². The van der Waals surface area contributed by atoms with E-state index in [2.05, 4.69) is 64.6 Å². The van der Waals surface area contributed by atoms with E-state index in [1.54, 1.807) is 6.20 Å². The van der Waals surface area contributed by atoms with Crippen molar-refractivity contribution >= 4 is 0 Å². The molecule has 0 bridgehead atoms. The second kappa shape index (κ2) is 8.07. The number of aliphatic hydroxyl groups is 1. The molecule has 1 saturated heterocycles. The number of rotatable bonds is 6. The van der Waals surface area contributed by atoms with Gasteiger partial charge in [0, 0.05) is 25.5 Å². The Balaban J connectivity index is 1.38. The van der Waals surface area contributed by atoms with Crippen molar-refractivity contribution in [2.24, 2.45) is 5.41 Å². The minimum Gasteiger partial charge on any atom is -0.396 e. The van der Waals surface area contributed by atoms with Crippen molar-refractivity contribution in [3.63, 3.8) is 0 Å². The van der Waals surface area contributed by atoms with Crippen molar-refractivity contribution in [2.75, 3.05) is 19.7 Å². The smallest absolute Gasteiger partial charge is 0.0648 e. The summed E-state index contributed by atoms with van der Waals surface area (Å²) in [6, 6.07) is 21.1. The zero-order chi connectivity index (χ0) is 18.5. The maximum Gasteiger partial charge on any atom is 0.0648 e. The van der Waals surface area contributed by atoms with Gasteiger partial charge in [0.1, 0.15) is 0 Å². The van der Waals surface area contributed by atoms with E-state index in [9.17, 15) is 5.11 Å². The molecule has 140 valence electrons. The van der Waals surface area contributed by atoms with Gasteiger partial charge in [-0.15, -0.1) is 0 Å². The molecule has 2 heterocycles. The molecule has 1 aliphatic heterocycles. The fourth-order valence-electron chi connectivity index (χ4n) is 4.08. The average molecular weight is 361 g/mol. The molecule has 0 spiro atoms. The van der Waals surface area contributed by atoms with Crippen LogP contribution in [0.1, 0.15) is 24.0 Å². The van der Waals surface area contributed by atoms with E-state index in [1.807, 2.05) is 16.9 Å². The van der Waals surface area contributed by atoms with Crippen LogP contribution in [0.15, 0.2) is 73.1 Å². The molecule has 4 rings (SSSR count). The average Bonchev–Trinajstić information content (AvgIpc) is 3.26. The van der Waals surface area contributed by atoms with Crippen LogP contribution < -0.4 is 0 Å². The van der Waals surface area contributed by atoms with Gasteiger partial charge >= 0.3 is 0 Å². The fraction of sp³-hybridized carbons (Fsp3) is 0.348. The van der Waals surface area contributed by atoms with Gasteiger partial charge in [-0.1, -0.05) is 42.5 Å². The quantitative estimate of drug-likeness (QED) is 0.728. The first-order valence-electron chi connectivity index (χ1n) is 9.72. The van der Waals surface area contributed by atoms with Crippen LogP contribution in [0.25, 0.3) is 5.69 Å². The highest BCUT2D eigenvalue weighted by molar-refractivity contribution is 5.35. The largest absolute Gasteiger partial charge is 0.396 e. The number of piperidine rings is 1. The van der Waals surface area contributed by atoms with Crippen LogP contribution in [0.4, 0.5) is 0 Å². The molecule has 0 amide bonds. The van der Waals surface area contributed by atoms with Crippen molar-refractivity contribution in [3.05, 3.63) is 84.2 Å². The molecule has 0 unspecified atom stereocenters. The Bertz CT molecular complexity index is 837. The van der Waals surface area contributed by atoms with E-state index >= 15 is 0 Å². The Morgan fingerprint density at radius 2 is 1.70 bits per heavy atom. The molecular formula is C23H27N3O. The number of hydrogen-bond acceptors (Lipinski definition) is 3. The summed E-state index contributed by atoms with van der Waals surface area (Å²) >= 11 is 0. The van der Waals surface area contributed by atoms with E-state index in [0.717, 1.165) is 44.6 Å². The van der Waals surface area contributed by atoms with Gasteiger partial charge in [-0.2, -0.15) is 5.10 Å². The lowest BCUT2D eigenvalue weighted by molar-refractivity contribution is 0.0414. The summed E-state index contributed by atoms with van der Waals surface area (Å²) < 4.78 is 1.90. The topological polar surface area (TPSA) is 41.3 Å². The minimum atomic E-state index is 0.0226. The predicted octanol–water partition coefficient (Wildman–Crippen LogP) is 3.69. The van der Waals surface area contributed by atoms with Gasteiger partial charge < -0.3 is 5.11 Å². The van der Waals surface area contributed by atoms with E-state index in [1.165, 1.54) is 11.1 Å². The predicted molar refractivity (Wildman–Crippen MR) is 108 cm³/mol. The van der Waals surface area contributed by atoms with Crippen LogP contribution in [-0.4, -0.2) is 39.5 Å². The highest BCUT2D eigenvalue weighted by Gasteiger charge is 2.34. The van der Waals surface area contributed by atoms with Gasteiger partial charge in [0.2, 0.25) is 0 Å². The van der Waals surface area contributed by atoms with Crippen LogP contribution in [0.3, 0.4) is 0 Å². The number of hydrogen-bond donors (Lipinski definition) is 1. The normalized spacial score (nSPS) is 17.1. The Kier molecular flexibility index (Phi) is 5.37. The Hall–Kier alpha value is -2.43. The summed E-state index contributed by atoms with van der Waals surface area (Å²) in [7, 11) is 0. The molecular weight excluding hydrogens is 334 g/mol. The summed E-state index contributed by atoms with van der Waals surface area (Å²) in [6.07, 6.45) is 6.82. The van der Waals surface area contributed by atoms with Gasteiger partial charge in [-0.05, 0) is 67.1 Å². The first kappa shape index (κ1) is 18.0. The second-order valence-corrected chi connectivity index (χ2v) is 7.72. The number of likely N-dealkylation sites (tertiary alicyclic amines) is 1. The second-order valence-electron chi connectivity index (χ2n) is 7.72. The lowest BCUT2D eigenvalue weighted by atomic mass is 9.74. The number of nitrogens with zero attached hydrogens (tertiary/aromatic N) is 3. The van der Waals surface area contributed by atoms with Gasteiger partial charge in [-0.25, -0.2) is 4.68 Å².